The van der Waals surface area contributed by atoms with Crippen LogP contribution in [0, 0.1) is 0 Å². The van der Waals surface area contributed by atoms with Crippen molar-refractivity contribution in [3.8, 4) is 0 Å². The monoisotopic (exact) mass is 277 g/mol. The van der Waals surface area contributed by atoms with E-state index >= 15 is 0 Å². The highest BCUT2D eigenvalue weighted by atomic mass is 15.1. The molecule has 0 aliphatic rings. The molecule has 0 aliphatic carbocycles. The first kappa shape index (κ1) is 17.1. The van der Waals surface area contributed by atoms with Crippen molar-refractivity contribution in [2.75, 3.05) is 19.6 Å². The fourth-order valence-corrected chi connectivity index (χ4v) is 2.19. The number of nitrogens with one attached hydrogen (secondary N) is 1. The molecule has 0 aromatic carbocycles. The number of unbranched alkanes of at least 4 members (excludes halogenated alkanes) is 2. The molecule has 0 atom stereocenters. The van der Waals surface area contributed by atoms with Crippen LogP contribution in [-0.4, -0.2) is 29.5 Å². The molecule has 1 aromatic heterocycles. The smallest absolute Gasteiger partial charge is 0.0544 e. The van der Waals surface area contributed by atoms with E-state index in [1.807, 2.05) is 6.20 Å². The van der Waals surface area contributed by atoms with E-state index in [0.717, 1.165) is 19.6 Å². The van der Waals surface area contributed by atoms with Gasteiger partial charge < -0.3 is 5.32 Å². The maximum Gasteiger partial charge on any atom is 0.0544 e. The van der Waals surface area contributed by atoms with Crippen molar-refractivity contribution in [2.45, 2.75) is 59.5 Å². The van der Waals surface area contributed by atoms with Gasteiger partial charge in [-0.15, -0.1) is 0 Å². The molecule has 20 heavy (non-hydrogen) atoms. The summed E-state index contributed by atoms with van der Waals surface area (Å²) in [6.07, 6.45) is 7.09. The van der Waals surface area contributed by atoms with Gasteiger partial charge in [-0.25, -0.2) is 0 Å². The van der Waals surface area contributed by atoms with Gasteiger partial charge in [-0.1, -0.05) is 39.7 Å². The number of hydrogen-bond acceptors (Lipinski definition) is 3. The maximum absolute atomic E-state index is 4.61. The number of pyridine rings is 1. The average molecular weight is 277 g/mol. The third-order valence-electron chi connectivity index (χ3n) is 3.51. The quantitative estimate of drug-likeness (QED) is 0.670. The van der Waals surface area contributed by atoms with Crippen molar-refractivity contribution in [1.29, 1.82) is 0 Å². The van der Waals surface area contributed by atoms with E-state index in [1.165, 1.54) is 50.0 Å². The Morgan fingerprint density at radius 3 is 2.25 bits per heavy atom. The molecule has 3 nitrogen and oxygen atoms in total. The highest BCUT2D eigenvalue weighted by Gasteiger charge is 2.06. The SMILES string of the molecule is CCCCN(CCCC)Cc1ccc(CNCC)cn1. The predicted molar refractivity (Wildman–Crippen MR) is 86.7 cm³/mol. The van der Waals surface area contributed by atoms with Crippen LogP contribution < -0.4 is 5.32 Å². The largest absolute Gasteiger partial charge is 0.313 e. The fourth-order valence-electron chi connectivity index (χ4n) is 2.19. The van der Waals surface area contributed by atoms with Crippen LogP contribution in [0.5, 0.6) is 0 Å². The van der Waals surface area contributed by atoms with Crippen molar-refractivity contribution >= 4 is 0 Å². The molecule has 1 rings (SSSR count). The Morgan fingerprint density at radius 2 is 1.75 bits per heavy atom. The van der Waals surface area contributed by atoms with Gasteiger partial charge in [0.2, 0.25) is 0 Å². The predicted octanol–water partition coefficient (Wildman–Crippen LogP) is 3.59. The first-order valence-corrected chi connectivity index (χ1v) is 8.17. The number of aromatic nitrogens is 1. The second-order valence-electron chi connectivity index (χ2n) is 5.42. The van der Waals surface area contributed by atoms with Gasteiger partial charge in [-0.2, -0.15) is 0 Å². The molecule has 0 saturated carbocycles. The summed E-state index contributed by atoms with van der Waals surface area (Å²) in [4.78, 5) is 7.15. The van der Waals surface area contributed by atoms with E-state index in [2.05, 4.69) is 48.1 Å². The van der Waals surface area contributed by atoms with Crippen molar-refractivity contribution in [2.24, 2.45) is 0 Å². The first-order chi connectivity index (χ1) is 9.80. The second kappa shape index (κ2) is 10.8. The van der Waals surface area contributed by atoms with Crippen LogP contribution in [0.3, 0.4) is 0 Å². The van der Waals surface area contributed by atoms with Crippen molar-refractivity contribution < 1.29 is 0 Å². The van der Waals surface area contributed by atoms with Gasteiger partial charge in [0.1, 0.15) is 0 Å². The molecule has 0 bridgehead atoms. The summed E-state index contributed by atoms with van der Waals surface area (Å²) >= 11 is 0. The van der Waals surface area contributed by atoms with Crippen LogP contribution >= 0.6 is 0 Å². The molecule has 1 heterocycles. The summed E-state index contributed by atoms with van der Waals surface area (Å²) in [5.74, 6) is 0. The summed E-state index contributed by atoms with van der Waals surface area (Å²) in [5.41, 5.74) is 2.46. The standard InChI is InChI=1S/C17H31N3/c1-4-7-11-20(12-8-5-2)15-17-10-9-16(14-19-17)13-18-6-3/h9-10,14,18H,4-8,11-13,15H2,1-3H3. The van der Waals surface area contributed by atoms with Gasteiger partial charge in [0, 0.05) is 19.3 Å². The Morgan fingerprint density at radius 1 is 1.05 bits per heavy atom. The van der Waals surface area contributed by atoms with Gasteiger partial charge in [-0.05, 0) is 44.1 Å². The molecule has 0 saturated heterocycles. The molecule has 1 N–H and O–H groups in total. The van der Waals surface area contributed by atoms with Crippen molar-refractivity contribution in [3.05, 3.63) is 29.6 Å². The number of rotatable bonds is 11. The maximum atomic E-state index is 4.61. The molecule has 0 fully saturated rings. The summed E-state index contributed by atoms with van der Waals surface area (Å²) < 4.78 is 0. The van der Waals surface area contributed by atoms with Gasteiger partial charge in [0.15, 0.2) is 0 Å². The topological polar surface area (TPSA) is 28.2 Å². The Bertz CT molecular complexity index is 327. The molecule has 3 heteroatoms. The van der Waals surface area contributed by atoms with E-state index in [-0.39, 0.29) is 0 Å². The van der Waals surface area contributed by atoms with E-state index in [4.69, 9.17) is 0 Å². The second-order valence-corrected chi connectivity index (χ2v) is 5.42. The first-order valence-electron chi connectivity index (χ1n) is 8.17. The third-order valence-corrected chi connectivity index (χ3v) is 3.51. The lowest BCUT2D eigenvalue weighted by molar-refractivity contribution is 0.254. The highest BCUT2D eigenvalue weighted by molar-refractivity contribution is 5.13. The zero-order valence-electron chi connectivity index (χ0n) is 13.5. The van der Waals surface area contributed by atoms with Gasteiger partial charge in [-0.3, -0.25) is 9.88 Å². The molecule has 0 radical (unpaired) electrons. The van der Waals surface area contributed by atoms with Crippen LogP contribution in [0.15, 0.2) is 18.3 Å². The molecule has 0 spiro atoms. The van der Waals surface area contributed by atoms with Gasteiger partial charge in [0.05, 0.1) is 5.69 Å². The fraction of sp³-hybridized carbons (Fsp3) is 0.706. The molecule has 0 amide bonds. The normalized spacial score (nSPS) is 11.2. The molecule has 0 unspecified atom stereocenters. The Balaban J connectivity index is 2.49. The summed E-state index contributed by atoms with van der Waals surface area (Å²) in [6, 6.07) is 4.38. The molecule has 1 aromatic rings. The lowest BCUT2D eigenvalue weighted by atomic mass is 10.2. The molecule has 0 aliphatic heterocycles. The van der Waals surface area contributed by atoms with Crippen LogP contribution in [-0.2, 0) is 13.1 Å². The zero-order chi connectivity index (χ0) is 14.6. The Labute approximate surface area is 124 Å². The van der Waals surface area contributed by atoms with E-state index < -0.39 is 0 Å². The zero-order valence-corrected chi connectivity index (χ0v) is 13.5. The lowest BCUT2D eigenvalue weighted by Gasteiger charge is -2.21. The van der Waals surface area contributed by atoms with E-state index in [9.17, 15) is 0 Å². The number of hydrogen-bond donors (Lipinski definition) is 1. The Kier molecular flexibility index (Phi) is 9.25. The number of nitrogens with zero attached hydrogens (tertiary/aromatic N) is 2. The van der Waals surface area contributed by atoms with Crippen molar-refractivity contribution in [1.82, 2.24) is 15.2 Å². The third kappa shape index (κ3) is 7.01. The van der Waals surface area contributed by atoms with Crippen molar-refractivity contribution in [3.63, 3.8) is 0 Å². The minimum atomic E-state index is 0.916. The summed E-state index contributed by atoms with van der Waals surface area (Å²) in [5, 5.41) is 3.33. The van der Waals surface area contributed by atoms with E-state index in [1.54, 1.807) is 0 Å². The highest BCUT2D eigenvalue weighted by Crippen LogP contribution is 2.07. The van der Waals surface area contributed by atoms with Gasteiger partial charge in [0.25, 0.3) is 0 Å². The van der Waals surface area contributed by atoms with Crippen LogP contribution in [0.25, 0.3) is 0 Å². The average Bonchev–Trinajstić information content (AvgIpc) is 2.49. The molecular weight excluding hydrogens is 246 g/mol. The molecular formula is C17H31N3. The minimum absolute atomic E-state index is 0.916. The van der Waals surface area contributed by atoms with Crippen LogP contribution in [0.1, 0.15) is 57.7 Å². The molecule has 114 valence electrons. The minimum Gasteiger partial charge on any atom is -0.313 e. The van der Waals surface area contributed by atoms with Crippen LogP contribution in [0.4, 0.5) is 0 Å². The van der Waals surface area contributed by atoms with E-state index in [0.29, 0.717) is 0 Å². The van der Waals surface area contributed by atoms with Gasteiger partial charge >= 0.3 is 0 Å². The summed E-state index contributed by atoms with van der Waals surface area (Å²) in [7, 11) is 0. The van der Waals surface area contributed by atoms with Crippen LogP contribution in [0.2, 0.25) is 0 Å². The summed E-state index contributed by atoms with van der Waals surface area (Å²) in [6.45, 7) is 11.9. The lowest BCUT2D eigenvalue weighted by Crippen LogP contribution is -2.26. The Hall–Kier alpha value is -0.930.